The summed E-state index contributed by atoms with van der Waals surface area (Å²) in [4.78, 5) is 5.16. The third-order valence-corrected chi connectivity index (χ3v) is 4.29. The molecule has 0 aliphatic heterocycles. The molecule has 7 heteroatoms. The molecule has 0 unspecified atom stereocenters. The van der Waals surface area contributed by atoms with Gasteiger partial charge >= 0.3 is 0 Å². The number of hydrogen-bond donors (Lipinski definition) is 1. The first-order valence-corrected chi connectivity index (χ1v) is 8.97. The molecular formula is C19H19N3O3S. The van der Waals surface area contributed by atoms with E-state index in [9.17, 15) is 5.11 Å². The van der Waals surface area contributed by atoms with E-state index in [0.29, 0.717) is 35.0 Å². The Morgan fingerprint density at radius 1 is 1.38 bits per heavy atom. The van der Waals surface area contributed by atoms with E-state index in [1.54, 1.807) is 41.4 Å². The highest BCUT2D eigenvalue weighted by molar-refractivity contribution is 7.07. The molecule has 0 aliphatic carbocycles. The van der Waals surface area contributed by atoms with Crippen LogP contribution in [0.1, 0.15) is 12.5 Å². The highest BCUT2D eigenvalue weighted by Gasteiger charge is 2.10. The van der Waals surface area contributed by atoms with E-state index in [2.05, 4.69) is 16.7 Å². The predicted molar refractivity (Wildman–Crippen MR) is 103 cm³/mol. The van der Waals surface area contributed by atoms with Crippen LogP contribution < -0.4 is 9.54 Å². The molecule has 0 atom stereocenters. The van der Waals surface area contributed by atoms with Crippen molar-refractivity contribution in [3.8, 4) is 23.0 Å². The maximum Gasteiger partial charge on any atom is 0.206 e. The van der Waals surface area contributed by atoms with Gasteiger partial charge in [0.05, 0.1) is 25.6 Å². The Bertz CT molecular complexity index is 968. The lowest BCUT2D eigenvalue weighted by atomic mass is 10.2. The van der Waals surface area contributed by atoms with E-state index in [-0.39, 0.29) is 5.75 Å². The molecule has 3 rings (SSSR count). The Labute approximate surface area is 155 Å². The Morgan fingerprint density at radius 3 is 2.96 bits per heavy atom. The summed E-state index contributed by atoms with van der Waals surface area (Å²) in [7, 11) is 0. The number of phenolic OH excluding ortho intramolecular Hbond substituents is 1. The van der Waals surface area contributed by atoms with E-state index in [1.165, 1.54) is 11.3 Å². The molecule has 1 aromatic carbocycles. The maximum atomic E-state index is 10.2. The van der Waals surface area contributed by atoms with E-state index < -0.39 is 0 Å². The SMILES string of the molecule is C=CCN=c1scc(-c2ccco2)n1N=Cc1ccc(OCC)cc1O. The molecule has 26 heavy (non-hydrogen) atoms. The van der Waals surface area contributed by atoms with Crippen molar-refractivity contribution < 1.29 is 14.3 Å². The molecule has 2 heterocycles. The van der Waals surface area contributed by atoms with Gasteiger partial charge in [0.2, 0.25) is 4.80 Å². The van der Waals surface area contributed by atoms with Gasteiger partial charge < -0.3 is 14.3 Å². The molecule has 0 fully saturated rings. The van der Waals surface area contributed by atoms with Gasteiger partial charge in [-0.25, -0.2) is 4.68 Å². The van der Waals surface area contributed by atoms with Crippen molar-refractivity contribution in [2.45, 2.75) is 6.92 Å². The first kappa shape index (κ1) is 17.8. The van der Waals surface area contributed by atoms with Crippen molar-refractivity contribution in [2.24, 2.45) is 10.1 Å². The molecule has 0 saturated carbocycles. The van der Waals surface area contributed by atoms with Gasteiger partial charge in [0.15, 0.2) is 5.76 Å². The lowest BCUT2D eigenvalue weighted by Crippen LogP contribution is -2.12. The van der Waals surface area contributed by atoms with Gasteiger partial charge in [-0.2, -0.15) is 5.10 Å². The molecular weight excluding hydrogens is 350 g/mol. The van der Waals surface area contributed by atoms with Crippen molar-refractivity contribution in [1.29, 1.82) is 0 Å². The van der Waals surface area contributed by atoms with Gasteiger partial charge in [0.25, 0.3) is 0 Å². The maximum absolute atomic E-state index is 10.2. The first-order chi connectivity index (χ1) is 12.7. The third kappa shape index (κ3) is 3.94. The van der Waals surface area contributed by atoms with Gasteiger partial charge in [-0.05, 0) is 31.2 Å². The number of hydrogen-bond acceptors (Lipinski definition) is 6. The number of aromatic nitrogens is 1. The average Bonchev–Trinajstić information content (AvgIpc) is 3.29. The number of thiazole rings is 1. The van der Waals surface area contributed by atoms with Crippen molar-refractivity contribution >= 4 is 17.6 Å². The van der Waals surface area contributed by atoms with E-state index in [0.717, 1.165) is 5.69 Å². The molecule has 2 aromatic heterocycles. The largest absolute Gasteiger partial charge is 0.507 e. The molecule has 6 nitrogen and oxygen atoms in total. The summed E-state index contributed by atoms with van der Waals surface area (Å²) in [5.74, 6) is 1.40. The zero-order valence-corrected chi connectivity index (χ0v) is 15.1. The van der Waals surface area contributed by atoms with Crippen LogP contribution in [0.2, 0.25) is 0 Å². The van der Waals surface area contributed by atoms with Crippen LogP contribution in [0.4, 0.5) is 0 Å². The van der Waals surface area contributed by atoms with Gasteiger partial charge in [0.1, 0.15) is 17.2 Å². The lowest BCUT2D eigenvalue weighted by Gasteiger charge is -2.05. The standard InChI is InChI=1S/C19H19N3O3S/c1-3-9-20-19-22(16(13-26-19)18-6-5-10-25-18)21-12-14-7-8-15(24-4-2)11-17(14)23/h3,5-8,10-13,23H,1,4,9H2,2H3. The molecule has 0 radical (unpaired) electrons. The van der Waals surface area contributed by atoms with Crippen LogP contribution in [0.15, 0.2) is 69.1 Å². The normalized spacial score (nSPS) is 12.0. The highest BCUT2D eigenvalue weighted by Crippen LogP contribution is 2.23. The van der Waals surface area contributed by atoms with Crippen LogP contribution in [0.5, 0.6) is 11.5 Å². The van der Waals surface area contributed by atoms with Crippen LogP contribution >= 0.6 is 11.3 Å². The minimum atomic E-state index is 0.0969. The third-order valence-electron chi connectivity index (χ3n) is 3.44. The molecule has 0 amide bonds. The van der Waals surface area contributed by atoms with Crippen molar-refractivity contribution in [3.63, 3.8) is 0 Å². The number of phenols is 1. The number of rotatable bonds is 7. The summed E-state index contributed by atoms with van der Waals surface area (Å²) in [5, 5.41) is 16.6. The van der Waals surface area contributed by atoms with Crippen LogP contribution in [0.3, 0.4) is 0 Å². The Balaban J connectivity index is 1.99. The van der Waals surface area contributed by atoms with Crippen LogP contribution in [0, 0.1) is 0 Å². The van der Waals surface area contributed by atoms with E-state index >= 15 is 0 Å². The van der Waals surface area contributed by atoms with Gasteiger partial charge in [0, 0.05) is 17.0 Å². The second-order valence-corrected chi connectivity index (χ2v) is 6.06. The number of aromatic hydroxyl groups is 1. The summed E-state index contributed by atoms with van der Waals surface area (Å²) in [5.41, 5.74) is 1.36. The molecule has 0 saturated heterocycles. The molecule has 0 bridgehead atoms. The van der Waals surface area contributed by atoms with Crippen LogP contribution in [0.25, 0.3) is 11.5 Å². The van der Waals surface area contributed by atoms with Gasteiger partial charge in [-0.3, -0.25) is 4.99 Å². The molecule has 3 aromatic rings. The fourth-order valence-corrected chi connectivity index (χ4v) is 3.09. The van der Waals surface area contributed by atoms with Crippen LogP contribution in [-0.4, -0.2) is 29.1 Å². The minimum Gasteiger partial charge on any atom is -0.507 e. The highest BCUT2D eigenvalue weighted by atomic mass is 32.1. The van der Waals surface area contributed by atoms with Crippen LogP contribution in [-0.2, 0) is 0 Å². The lowest BCUT2D eigenvalue weighted by molar-refractivity contribution is 0.337. The fraction of sp³-hybridized carbons (Fsp3) is 0.158. The Morgan fingerprint density at radius 2 is 2.27 bits per heavy atom. The molecule has 1 N–H and O–H groups in total. The smallest absolute Gasteiger partial charge is 0.206 e. The van der Waals surface area contributed by atoms with Crippen molar-refractivity contribution in [1.82, 2.24) is 4.68 Å². The second kappa shape index (κ2) is 8.35. The average molecular weight is 369 g/mol. The zero-order valence-electron chi connectivity index (χ0n) is 14.3. The molecule has 134 valence electrons. The van der Waals surface area contributed by atoms with E-state index in [1.807, 2.05) is 24.4 Å². The Hall–Kier alpha value is -3.06. The monoisotopic (exact) mass is 369 g/mol. The number of furan rings is 1. The topological polar surface area (TPSA) is 72.2 Å². The summed E-state index contributed by atoms with van der Waals surface area (Å²) in [6, 6.07) is 8.79. The van der Waals surface area contributed by atoms with Gasteiger partial charge in [-0.1, -0.05) is 6.08 Å². The number of benzene rings is 1. The molecule has 0 spiro atoms. The number of nitrogens with zero attached hydrogens (tertiary/aromatic N) is 3. The summed E-state index contributed by atoms with van der Waals surface area (Å²) in [6.45, 7) is 6.61. The van der Waals surface area contributed by atoms with Crippen molar-refractivity contribution in [3.05, 3.63) is 65.0 Å². The summed E-state index contributed by atoms with van der Waals surface area (Å²) in [6.07, 6.45) is 4.91. The van der Waals surface area contributed by atoms with Gasteiger partial charge in [-0.15, -0.1) is 17.9 Å². The first-order valence-electron chi connectivity index (χ1n) is 8.09. The summed E-state index contributed by atoms with van der Waals surface area (Å²) < 4.78 is 12.5. The molecule has 0 aliphatic rings. The fourth-order valence-electron chi connectivity index (χ4n) is 2.27. The zero-order chi connectivity index (χ0) is 18.4. The summed E-state index contributed by atoms with van der Waals surface area (Å²) >= 11 is 1.46. The van der Waals surface area contributed by atoms with Crippen molar-refractivity contribution in [2.75, 3.05) is 13.2 Å². The number of ether oxygens (including phenoxy) is 1. The Kier molecular flexibility index (Phi) is 5.70. The minimum absolute atomic E-state index is 0.0969. The second-order valence-electron chi connectivity index (χ2n) is 5.22. The van der Waals surface area contributed by atoms with E-state index in [4.69, 9.17) is 9.15 Å². The predicted octanol–water partition coefficient (Wildman–Crippen LogP) is 3.88. The quantitative estimate of drug-likeness (QED) is 0.507.